The molecule has 4 heteroatoms. The van der Waals surface area contributed by atoms with E-state index in [4.69, 9.17) is 14.2 Å². The highest BCUT2D eigenvalue weighted by Crippen LogP contribution is 2.24. The van der Waals surface area contributed by atoms with E-state index in [0.717, 1.165) is 30.6 Å². The lowest BCUT2D eigenvalue weighted by molar-refractivity contribution is -0.153. The average Bonchev–Trinajstić information content (AvgIpc) is 2.86. The molecular formula is C15H20O4. The SMILES string of the molecule is COc1ccc(CC(=O)OC2CCCC2OC)cc1. The maximum Gasteiger partial charge on any atom is 0.310 e. The fraction of sp³-hybridized carbons (Fsp3) is 0.533. The molecule has 0 aliphatic heterocycles. The van der Waals surface area contributed by atoms with Crippen LogP contribution in [-0.4, -0.2) is 32.4 Å². The summed E-state index contributed by atoms with van der Waals surface area (Å²) < 4.78 is 15.9. The van der Waals surface area contributed by atoms with E-state index in [1.54, 1.807) is 14.2 Å². The van der Waals surface area contributed by atoms with Crippen molar-refractivity contribution >= 4 is 5.97 Å². The third-order valence-corrected chi connectivity index (χ3v) is 3.49. The fourth-order valence-electron chi connectivity index (χ4n) is 2.42. The fourth-order valence-corrected chi connectivity index (χ4v) is 2.42. The number of methoxy groups -OCH3 is 2. The van der Waals surface area contributed by atoms with Crippen LogP contribution in [0.4, 0.5) is 0 Å². The first-order chi connectivity index (χ1) is 9.22. The smallest absolute Gasteiger partial charge is 0.310 e. The highest BCUT2D eigenvalue weighted by Gasteiger charge is 2.30. The molecule has 104 valence electrons. The van der Waals surface area contributed by atoms with E-state index in [-0.39, 0.29) is 24.6 Å². The zero-order valence-electron chi connectivity index (χ0n) is 11.4. The molecule has 1 fully saturated rings. The van der Waals surface area contributed by atoms with Gasteiger partial charge in [-0.2, -0.15) is 0 Å². The predicted molar refractivity (Wildman–Crippen MR) is 71.2 cm³/mol. The first-order valence-electron chi connectivity index (χ1n) is 6.58. The monoisotopic (exact) mass is 264 g/mol. The standard InChI is InChI=1S/C15H20O4/c1-17-12-8-6-11(7-9-12)10-15(16)19-14-5-3-4-13(14)18-2/h6-9,13-14H,3-5,10H2,1-2H3. The van der Waals surface area contributed by atoms with Crippen LogP contribution in [0.3, 0.4) is 0 Å². The van der Waals surface area contributed by atoms with E-state index >= 15 is 0 Å². The van der Waals surface area contributed by atoms with E-state index in [9.17, 15) is 4.79 Å². The first-order valence-corrected chi connectivity index (χ1v) is 6.58. The molecule has 0 radical (unpaired) electrons. The molecule has 0 heterocycles. The summed E-state index contributed by atoms with van der Waals surface area (Å²) in [6.07, 6.45) is 3.18. The van der Waals surface area contributed by atoms with Gasteiger partial charge in [-0.15, -0.1) is 0 Å². The lowest BCUT2D eigenvalue weighted by atomic mass is 10.1. The van der Waals surface area contributed by atoms with Gasteiger partial charge in [0.2, 0.25) is 0 Å². The Kier molecular flexibility index (Phi) is 4.80. The van der Waals surface area contributed by atoms with Crippen molar-refractivity contribution in [3.63, 3.8) is 0 Å². The zero-order valence-corrected chi connectivity index (χ0v) is 11.4. The molecule has 1 aromatic rings. The number of hydrogen-bond donors (Lipinski definition) is 0. The van der Waals surface area contributed by atoms with Crippen molar-refractivity contribution in [3.05, 3.63) is 29.8 Å². The molecule has 2 unspecified atom stereocenters. The van der Waals surface area contributed by atoms with Crippen molar-refractivity contribution in [2.24, 2.45) is 0 Å². The number of hydrogen-bond acceptors (Lipinski definition) is 4. The molecule has 2 atom stereocenters. The van der Waals surface area contributed by atoms with Crippen molar-refractivity contribution in [1.29, 1.82) is 0 Å². The molecule has 4 nitrogen and oxygen atoms in total. The molecule has 1 aliphatic rings. The van der Waals surface area contributed by atoms with Crippen molar-refractivity contribution in [3.8, 4) is 5.75 Å². The molecule has 0 bridgehead atoms. The quantitative estimate of drug-likeness (QED) is 0.766. The van der Waals surface area contributed by atoms with Crippen LogP contribution in [0.1, 0.15) is 24.8 Å². The second-order valence-electron chi connectivity index (χ2n) is 4.76. The lowest BCUT2D eigenvalue weighted by Crippen LogP contribution is -2.28. The Morgan fingerprint density at radius 1 is 1.16 bits per heavy atom. The Morgan fingerprint density at radius 2 is 1.84 bits per heavy atom. The second kappa shape index (κ2) is 6.57. The predicted octanol–water partition coefficient (Wildman–Crippen LogP) is 2.35. The van der Waals surface area contributed by atoms with Gasteiger partial charge < -0.3 is 14.2 Å². The van der Waals surface area contributed by atoms with Gasteiger partial charge in [-0.1, -0.05) is 12.1 Å². The van der Waals surface area contributed by atoms with Gasteiger partial charge in [-0.25, -0.2) is 0 Å². The van der Waals surface area contributed by atoms with E-state index in [0.29, 0.717) is 0 Å². The molecule has 0 aromatic heterocycles. The molecular weight excluding hydrogens is 244 g/mol. The lowest BCUT2D eigenvalue weighted by Gasteiger charge is -2.18. The topological polar surface area (TPSA) is 44.8 Å². The number of ether oxygens (including phenoxy) is 3. The van der Waals surface area contributed by atoms with Gasteiger partial charge in [0.1, 0.15) is 11.9 Å². The highest BCUT2D eigenvalue weighted by molar-refractivity contribution is 5.72. The summed E-state index contributed by atoms with van der Waals surface area (Å²) in [7, 11) is 3.29. The van der Waals surface area contributed by atoms with Crippen molar-refractivity contribution in [1.82, 2.24) is 0 Å². The Balaban J connectivity index is 1.86. The molecule has 0 saturated heterocycles. The van der Waals surface area contributed by atoms with E-state index in [1.165, 1.54) is 0 Å². The summed E-state index contributed by atoms with van der Waals surface area (Å²) in [5, 5.41) is 0. The van der Waals surface area contributed by atoms with Gasteiger partial charge in [0.15, 0.2) is 0 Å². The molecule has 2 rings (SSSR count). The Hall–Kier alpha value is -1.55. The minimum atomic E-state index is -0.195. The number of carbonyl (C=O) groups excluding carboxylic acids is 1. The van der Waals surface area contributed by atoms with Crippen LogP contribution in [0.2, 0.25) is 0 Å². The van der Waals surface area contributed by atoms with Crippen LogP contribution < -0.4 is 4.74 Å². The number of benzene rings is 1. The van der Waals surface area contributed by atoms with Gasteiger partial charge in [0.05, 0.1) is 19.6 Å². The van der Waals surface area contributed by atoms with Crippen molar-refractivity contribution in [2.45, 2.75) is 37.9 Å². The summed E-state index contributed by atoms with van der Waals surface area (Å²) in [4.78, 5) is 11.9. The summed E-state index contributed by atoms with van der Waals surface area (Å²) in [6.45, 7) is 0. The molecule has 0 amide bonds. The highest BCUT2D eigenvalue weighted by atomic mass is 16.6. The third-order valence-electron chi connectivity index (χ3n) is 3.49. The summed E-state index contributed by atoms with van der Waals surface area (Å²) >= 11 is 0. The average molecular weight is 264 g/mol. The van der Waals surface area contributed by atoms with Gasteiger partial charge in [-0.3, -0.25) is 4.79 Å². The summed E-state index contributed by atoms with van der Waals surface area (Å²) in [5.74, 6) is 0.589. The Bertz CT molecular complexity index is 413. The number of esters is 1. The van der Waals surface area contributed by atoms with Crippen LogP contribution in [0.25, 0.3) is 0 Å². The molecule has 1 aromatic carbocycles. The van der Waals surface area contributed by atoms with Gasteiger partial charge in [-0.05, 0) is 37.0 Å². The molecule has 1 aliphatic carbocycles. The van der Waals surface area contributed by atoms with E-state index in [2.05, 4.69) is 0 Å². The Labute approximate surface area is 113 Å². The summed E-state index contributed by atoms with van der Waals surface area (Å²) in [5.41, 5.74) is 0.928. The number of carbonyl (C=O) groups is 1. The van der Waals surface area contributed by atoms with Crippen LogP contribution in [0.15, 0.2) is 24.3 Å². The van der Waals surface area contributed by atoms with Crippen LogP contribution in [-0.2, 0) is 20.7 Å². The normalized spacial score (nSPS) is 22.2. The largest absolute Gasteiger partial charge is 0.497 e. The van der Waals surface area contributed by atoms with Gasteiger partial charge >= 0.3 is 5.97 Å². The van der Waals surface area contributed by atoms with Crippen LogP contribution >= 0.6 is 0 Å². The minimum Gasteiger partial charge on any atom is -0.497 e. The van der Waals surface area contributed by atoms with E-state index in [1.807, 2.05) is 24.3 Å². The first kappa shape index (κ1) is 13.9. The zero-order chi connectivity index (χ0) is 13.7. The molecule has 19 heavy (non-hydrogen) atoms. The van der Waals surface area contributed by atoms with Crippen LogP contribution in [0.5, 0.6) is 5.75 Å². The maximum atomic E-state index is 11.9. The van der Waals surface area contributed by atoms with Gasteiger partial charge in [0.25, 0.3) is 0 Å². The molecule has 0 spiro atoms. The van der Waals surface area contributed by atoms with Crippen LogP contribution in [0, 0.1) is 0 Å². The minimum absolute atomic E-state index is 0.0554. The third kappa shape index (κ3) is 3.70. The van der Waals surface area contributed by atoms with Crippen molar-refractivity contribution in [2.75, 3.05) is 14.2 Å². The number of rotatable bonds is 5. The second-order valence-corrected chi connectivity index (χ2v) is 4.76. The Morgan fingerprint density at radius 3 is 2.47 bits per heavy atom. The maximum absolute atomic E-state index is 11.9. The van der Waals surface area contributed by atoms with E-state index < -0.39 is 0 Å². The molecule has 1 saturated carbocycles. The summed E-state index contributed by atoms with van der Waals surface area (Å²) in [6, 6.07) is 7.44. The molecule has 0 N–H and O–H groups in total. The van der Waals surface area contributed by atoms with Crippen molar-refractivity contribution < 1.29 is 19.0 Å². The van der Waals surface area contributed by atoms with Gasteiger partial charge in [0, 0.05) is 7.11 Å².